The van der Waals surface area contributed by atoms with Crippen LogP contribution in [0.25, 0.3) is 10.6 Å². The van der Waals surface area contributed by atoms with Crippen molar-refractivity contribution in [2.24, 2.45) is 0 Å². The quantitative estimate of drug-likeness (QED) is 0.809. The molecule has 19 heavy (non-hydrogen) atoms. The van der Waals surface area contributed by atoms with Crippen molar-refractivity contribution in [1.82, 2.24) is 4.98 Å². The highest BCUT2D eigenvalue weighted by molar-refractivity contribution is 7.15. The second-order valence-corrected chi connectivity index (χ2v) is 6.47. The van der Waals surface area contributed by atoms with E-state index < -0.39 is 0 Å². The summed E-state index contributed by atoms with van der Waals surface area (Å²) in [4.78, 5) is 17.9. The van der Waals surface area contributed by atoms with E-state index in [2.05, 4.69) is 17.7 Å². The van der Waals surface area contributed by atoms with Crippen LogP contribution in [-0.2, 0) is 16.0 Å². The number of thiophene rings is 1. The number of thiazole rings is 1. The topological polar surface area (TPSA) is 39.2 Å². The first-order chi connectivity index (χ1) is 9.20. The van der Waals surface area contributed by atoms with Crippen LogP contribution in [-0.4, -0.2) is 17.6 Å². The number of ether oxygens (including phenoxy) is 1. The number of aromatic nitrogens is 1. The van der Waals surface area contributed by atoms with Crippen molar-refractivity contribution in [3.8, 4) is 10.6 Å². The van der Waals surface area contributed by atoms with Gasteiger partial charge in [0.2, 0.25) is 0 Å². The lowest BCUT2D eigenvalue weighted by Crippen LogP contribution is -2.14. The molecule has 5 heteroatoms. The number of aryl methyl sites for hydroxylation is 2. The van der Waals surface area contributed by atoms with Crippen LogP contribution >= 0.6 is 22.7 Å². The molecule has 1 atom stereocenters. The molecule has 0 fully saturated rings. The number of hydrogen-bond donors (Lipinski definition) is 0. The van der Waals surface area contributed by atoms with Gasteiger partial charge in [-0.15, -0.1) is 11.3 Å². The first-order valence-electron chi connectivity index (χ1n) is 6.40. The van der Waals surface area contributed by atoms with E-state index in [4.69, 9.17) is 9.72 Å². The maximum atomic E-state index is 11.9. The zero-order valence-electron chi connectivity index (χ0n) is 10.9. The molecule has 0 saturated carbocycles. The lowest BCUT2D eigenvalue weighted by molar-refractivity contribution is -0.145. The maximum Gasteiger partial charge on any atom is 0.315 e. The fourth-order valence-electron chi connectivity index (χ4n) is 2.39. The molecular formula is C14H15NO2S2. The van der Waals surface area contributed by atoms with Crippen molar-refractivity contribution < 1.29 is 9.53 Å². The van der Waals surface area contributed by atoms with E-state index in [9.17, 15) is 4.79 Å². The number of fused-ring (bicyclic) bond motifs is 1. The van der Waals surface area contributed by atoms with Crippen LogP contribution < -0.4 is 0 Å². The second kappa shape index (κ2) is 5.06. The second-order valence-electron chi connectivity index (χ2n) is 4.64. The van der Waals surface area contributed by atoms with Gasteiger partial charge in [0, 0.05) is 15.8 Å². The number of carbonyl (C=O) groups excluding carboxylic acids is 1. The van der Waals surface area contributed by atoms with Crippen molar-refractivity contribution in [1.29, 1.82) is 0 Å². The van der Waals surface area contributed by atoms with Crippen molar-refractivity contribution in [3.63, 3.8) is 0 Å². The molecule has 1 unspecified atom stereocenters. The Bertz CT molecular complexity index is 615. The molecule has 0 saturated heterocycles. The Balaban J connectivity index is 1.93. The number of rotatable bonds is 3. The summed E-state index contributed by atoms with van der Waals surface area (Å²) in [6.45, 7) is 4.38. The van der Waals surface area contributed by atoms with Crippen molar-refractivity contribution in [2.45, 2.75) is 32.6 Å². The minimum Gasteiger partial charge on any atom is -0.465 e. The van der Waals surface area contributed by atoms with Gasteiger partial charge in [-0.05, 0) is 37.6 Å². The molecule has 0 spiro atoms. The lowest BCUT2D eigenvalue weighted by Gasteiger charge is -2.07. The summed E-state index contributed by atoms with van der Waals surface area (Å²) in [6, 6.07) is 0. The number of hydrogen-bond acceptors (Lipinski definition) is 5. The lowest BCUT2D eigenvalue weighted by atomic mass is 10.1. The smallest absolute Gasteiger partial charge is 0.315 e. The van der Waals surface area contributed by atoms with Gasteiger partial charge < -0.3 is 4.74 Å². The van der Waals surface area contributed by atoms with E-state index in [0.29, 0.717) is 6.61 Å². The Morgan fingerprint density at radius 1 is 1.53 bits per heavy atom. The van der Waals surface area contributed by atoms with Gasteiger partial charge >= 0.3 is 5.97 Å². The van der Waals surface area contributed by atoms with E-state index in [1.165, 1.54) is 16.0 Å². The van der Waals surface area contributed by atoms with Gasteiger partial charge in [-0.3, -0.25) is 4.79 Å². The monoisotopic (exact) mass is 293 g/mol. The summed E-state index contributed by atoms with van der Waals surface area (Å²) < 4.78 is 5.13. The molecule has 2 aromatic rings. The summed E-state index contributed by atoms with van der Waals surface area (Å²) >= 11 is 3.41. The maximum absolute atomic E-state index is 11.9. The van der Waals surface area contributed by atoms with E-state index >= 15 is 0 Å². The Hall–Kier alpha value is -1.20. The minimum atomic E-state index is -0.154. The van der Waals surface area contributed by atoms with Crippen LogP contribution in [0.1, 0.15) is 35.4 Å². The first kappa shape index (κ1) is 12.8. The highest BCUT2D eigenvalue weighted by Crippen LogP contribution is 2.41. The van der Waals surface area contributed by atoms with Crippen LogP contribution in [0.3, 0.4) is 0 Å². The fraction of sp³-hybridized carbons (Fsp3) is 0.429. The molecule has 0 bridgehead atoms. The molecule has 3 rings (SSSR count). The zero-order chi connectivity index (χ0) is 13.4. The summed E-state index contributed by atoms with van der Waals surface area (Å²) in [5.74, 6) is -0.279. The summed E-state index contributed by atoms with van der Waals surface area (Å²) in [5, 5.41) is 5.30. The zero-order valence-corrected chi connectivity index (χ0v) is 12.6. The van der Waals surface area contributed by atoms with E-state index in [1.54, 1.807) is 22.7 Å². The van der Waals surface area contributed by atoms with E-state index in [0.717, 1.165) is 23.5 Å². The predicted octanol–water partition coefficient (Wildman–Crippen LogP) is 3.77. The van der Waals surface area contributed by atoms with Gasteiger partial charge in [0.05, 0.1) is 12.3 Å². The molecule has 0 aliphatic heterocycles. The highest BCUT2D eigenvalue weighted by Gasteiger charge is 2.33. The van der Waals surface area contributed by atoms with Crippen LogP contribution in [0.5, 0.6) is 0 Å². The number of esters is 1. The third-order valence-electron chi connectivity index (χ3n) is 3.37. The van der Waals surface area contributed by atoms with Crippen molar-refractivity contribution in [3.05, 3.63) is 26.9 Å². The van der Waals surface area contributed by atoms with Crippen molar-refractivity contribution >= 4 is 28.6 Å². The predicted molar refractivity (Wildman–Crippen MR) is 77.9 cm³/mol. The molecular weight excluding hydrogens is 278 g/mol. The molecule has 0 aromatic carbocycles. The van der Waals surface area contributed by atoms with Crippen LogP contribution in [0.15, 0.2) is 10.8 Å². The van der Waals surface area contributed by atoms with E-state index in [-0.39, 0.29) is 11.9 Å². The fourth-order valence-corrected chi connectivity index (χ4v) is 4.52. The van der Waals surface area contributed by atoms with E-state index in [1.807, 2.05) is 6.92 Å². The molecule has 2 heterocycles. The summed E-state index contributed by atoms with van der Waals surface area (Å²) in [6.07, 6.45) is 1.79. The molecule has 0 amide bonds. The SMILES string of the molecule is CCOC(=O)C1CCc2sc(-c3cscc3C)nc21. The highest BCUT2D eigenvalue weighted by atomic mass is 32.1. The molecule has 2 aromatic heterocycles. The first-order valence-corrected chi connectivity index (χ1v) is 8.16. The Morgan fingerprint density at radius 3 is 3.05 bits per heavy atom. The molecule has 1 aliphatic rings. The largest absolute Gasteiger partial charge is 0.465 e. The average Bonchev–Trinajstić information content (AvgIpc) is 3.02. The normalized spacial score (nSPS) is 17.5. The minimum absolute atomic E-state index is 0.125. The Labute approximate surface area is 120 Å². The van der Waals surface area contributed by atoms with Gasteiger partial charge in [0.15, 0.2) is 0 Å². The molecule has 0 N–H and O–H groups in total. The third-order valence-corrected chi connectivity index (χ3v) is 5.40. The number of carbonyl (C=O) groups is 1. The van der Waals surface area contributed by atoms with Crippen LogP contribution in [0, 0.1) is 6.92 Å². The van der Waals surface area contributed by atoms with Gasteiger partial charge in [-0.25, -0.2) is 4.98 Å². The molecule has 100 valence electrons. The number of nitrogens with zero attached hydrogens (tertiary/aromatic N) is 1. The van der Waals surface area contributed by atoms with Crippen LogP contribution in [0.4, 0.5) is 0 Å². The third kappa shape index (κ3) is 2.21. The summed E-state index contributed by atoms with van der Waals surface area (Å²) in [7, 11) is 0. The molecule has 0 radical (unpaired) electrons. The van der Waals surface area contributed by atoms with Gasteiger partial charge in [0.1, 0.15) is 10.9 Å². The Morgan fingerprint density at radius 2 is 2.37 bits per heavy atom. The molecule has 1 aliphatic carbocycles. The van der Waals surface area contributed by atoms with Gasteiger partial charge in [-0.1, -0.05) is 0 Å². The van der Waals surface area contributed by atoms with Crippen molar-refractivity contribution in [2.75, 3.05) is 6.61 Å². The van der Waals surface area contributed by atoms with Gasteiger partial charge in [0.25, 0.3) is 0 Å². The average molecular weight is 293 g/mol. The Kier molecular flexibility index (Phi) is 3.41. The standard InChI is InChI=1S/C14H15NO2S2/c1-3-17-14(16)9-4-5-11-12(9)15-13(19-11)10-7-18-6-8(10)2/h6-7,9H,3-5H2,1-2H3. The molecule has 3 nitrogen and oxygen atoms in total. The summed E-state index contributed by atoms with van der Waals surface area (Å²) in [5.41, 5.74) is 3.40. The van der Waals surface area contributed by atoms with Crippen LogP contribution in [0.2, 0.25) is 0 Å². The van der Waals surface area contributed by atoms with Gasteiger partial charge in [-0.2, -0.15) is 11.3 Å².